The maximum absolute atomic E-state index is 13.6. The molecule has 2 aromatic carbocycles. The van der Waals surface area contributed by atoms with Crippen molar-refractivity contribution in [1.29, 1.82) is 0 Å². The Labute approximate surface area is 211 Å². The van der Waals surface area contributed by atoms with Crippen molar-refractivity contribution in [2.45, 2.75) is 19.0 Å². The van der Waals surface area contributed by atoms with Crippen LogP contribution in [0.15, 0.2) is 52.9 Å². The molecule has 1 N–H and O–H groups in total. The highest BCUT2D eigenvalue weighted by Crippen LogP contribution is 2.37. The summed E-state index contributed by atoms with van der Waals surface area (Å²) in [4.78, 5) is 52.2. The second-order valence-corrected chi connectivity index (χ2v) is 9.19. The van der Waals surface area contributed by atoms with E-state index in [1.54, 1.807) is 0 Å². The van der Waals surface area contributed by atoms with Gasteiger partial charge in [-0.15, -0.1) is 0 Å². The van der Waals surface area contributed by atoms with Crippen LogP contribution in [-0.4, -0.2) is 52.4 Å². The number of amides is 4. The number of hydrogen-bond donors (Lipinski definition) is 1. The van der Waals surface area contributed by atoms with E-state index < -0.39 is 58.4 Å². The fraction of sp³-hybridized carbons (Fsp3) is 0.250. The normalized spacial score (nSPS) is 16.5. The van der Waals surface area contributed by atoms with Gasteiger partial charge in [0.05, 0.1) is 16.0 Å². The summed E-state index contributed by atoms with van der Waals surface area (Å²) in [5, 5.41) is 1.78. The zero-order valence-electron chi connectivity index (χ0n) is 18.9. The Morgan fingerprint density at radius 3 is 2.19 bits per heavy atom. The summed E-state index contributed by atoms with van der Waals surface area (Å²) < 4.78 is 66.5. The average molecular weight is 539 g/mol. The van der Waals surface area contributed by atoms with Gasteiger partial charge in [0, 0.05) is 18.8 Å². The van der Waals surface area contributed by atoms with Crippen LogP contribution in [0.25, 0.3) is 0 Å². The number of carbonyl (C=O) groups excluding carboxylic acids is 4. The topological polar surface area (TPSA) is 86.8 Å². The quantitative estimate of drug-likeness (QED) is 0.445. The zero-order chi connectivity index (χ0) is 26.9. The smallest absolute Gasteiger partial charge is 0.338 e. The van der Waals surface area contributed by atoms with Crippen molar-refractivity contribution in [2.75, 3.05) is 25.0 Å². The Balaban J connectivity index is 1.42. The Kier molecular flexibility index (Phi) is 7.35. The molecule has 2 saturated heterocycles. The molecule has 7 nitrogen and oxygen atoms in total. The van der Waals surface area contributed by atoms with E-state index in [-0.39, 0.29) is 36.5 Å². The van der Waals surface area contributed by atoms with Gasteiger partial charge in [-0.25, -0.2) is 8.78 Å². The van der Waals surface area contributed by atoms with Crippen LogP contribution in [0.2, 0.25) is 0 Å². The maximum atomic E-state index is 13.6. The van der Waals surface area contributed by atoms with Gasteiger partial charge in [0.15, 0.2) is 0 Å². The van der Waals surface area contributed by atoms with Gasteiger partial charge in [-0.2, -0.15) is 13.2 Å². The molecular weight excluding hydrogens is 521 g/mol. The highest BCUT2D eigenvalue weighted by molar-refractivity contribution is 8.18. The molecule has 0 spiro atoms. The first-order chi connectivity index (χ1) is 17.4. The van der Waals surface area contributed by atoms with Crippen LogP contribution in [0.1, 0.15) is 28.8 Å². The van der Waals surface area contributed by atoms with Crippen molar-refractivity contribution in [2.24, 2.45) is 0 Å². The summed E-state index contributed by atoms with van der Waals surface area (Å²) >= 11 is 0.638. The van der Waals surface area contributed by atoms with Gasteiger partial charge in [0.2, 0.25) is 5.91 Å². The van der Waals surface area contributed by atoms with E-state index in [1.807, 2.05) is 0 Å². The number of anilines is 1. The summed E-state index contributed by atoms with van der Waals surface area (Å²) in [7, 11) is 0. The van der Waals surface area contributed by atoms with Crippen LogP contribution in [0, 0.1) is 11.6 Å². The minimum absolute atomic E-state index is 0.0431. The Hall–Kier alpha value is -3.74. The van der Waals surface area contributed by atoms with Gasteiger partial charge < -0.3 is 10.2 Å². The standard InChI is InChI=1S/C24H18F5N3O4S/c25-14-1-4-16(5-2-14)30-19(33)12-32-22(35)20(37-23(32)36)13-7-9-31(10-8-13)21(34)17-11-15(26)3-6-18(17)24(27,28)29/h1-6,11H,7-10,12H2,(H,30,33). The van der Waals surface area contributed by atoms with E-state index in [9.17, 15) is 41.1 Å². The lowest BCUT2D eigenvalue weighted by molar-refractivity contribution is -0.138. The molecule has 2 fully saturated rings. The first kappa shape index (κ1) is 26.3. The molecule has 0 aliphatic carbocycles. The Morgan fingerprint density at radius 2 is 1.57 bits per heavy atom. The number of thioether (sulfide) groups is 1. The molecule has 2 aromatic rings. The number of carbonyl (C=O) groups is 4. The lowest BCUT2D eigenvalue weighted by Crippen LogP contribution is -2.38. The van der Waals surface area contributed by atoms with E-state index in [2.05, 4.69) is 5.32 Å². The summed E-state index contributed by atoms with van der Waals surface area (Å²) in [5.74, 6) is -3.83. The van der Waals surface area contributed by atoms with E-state index >= 15 is 0 Å². The molecule has 0 saturated carbocycles. The van der Waals surface area contributed by atoms with E-state index in [4.69, 9.17) is 0 Å². The third-order valence-electron chi connectivity index (χ3n) is 5.77. The van der Waals surface area contributed by atoms with Crippen LogP contribution >= 0.6 is 11.8 Å². The second-order valence-electron chi connectivity index (χ2n) is 8.23. The largest absolute Gasteiger partial charge is 0.417 e. The average Bonchev–Trinajstić information content (AvgIpc) is 3.12. The first-order valence-corrected chi connectivity index (χ1v) is 11.7. The van der Waals surface area contributed by atoms with Crippen molar-refractivity contribution in [1.82, 2.24) is 9.80 Å². The molecule has 2 heterocycles. The summed E-state index contributed by atoms with van der Waals surface area (Å²) in [6.07, 6.45) is -4.62. The molecular formula is C24H18F5N3O4S. The van der Waals surface area contributed by atoms with Gasteiger partial charge in [-0.05, 0) is 72.6 Å². The van der Waals surface area contributed by atoms with Gasteiger partial charge in [0.1, 0.15) is 18.2 Å². The highest BCUT2D eigenvalue weighted by Gasteiger charge is 2.40. The third kappa shape index (κ3) is 5.82. The Bertz CT molecular complexity index is 1300. The molecule has 37 heavy (non-hydrogen) atoms. The number of nitrogens with zero attached hydrogens (tertiary/aromatic N) is 2. The van der Waals surface area contributed by atoms with Gasteiger partial charge >= 0.3 is 6.18 Å². The summed E-state index contributed by atoms with van der Waals surface area (Å²) in [6, 6.07) is 6.59. The molecule has 194 valence electrons. The SMILES string of the molecule is O=C(CN1C(=O)SC(=C2CCN(C(=O)c3cc(F)ccc3C(F)(F)F)CC2)C1=O)Nc1ccc(F)cc1. The maximum Gasteiger partial charge on any atom is 0.417 e. The number of halogens is 5. The van der Waals surface area contributed by atoms with Crippen molar-refractivity contribution < 1.29 is 41.1 Å². The molecule has 2 aliphatic rings. The molecule has 0 atom stereocenters. The van der Waals surface area contributed by atoms with Crippen molar-refractivity contribution in [3.05, 3.63) is 75.7 Å². The molecule has 0 bridgehead atoms. The molecule has 4 rings (SSSR count). The zero-order valence-corrected chi connectivity index (χ0v) is 19.7. The monoisotopic (exact) mass is 539 g/mol. The number of nitrogens with one attached hydrogen (secondary N) is 1. The van der Waals surface area contributed by atoms with Crippen LogP contribution in [0.3, 0.4) is 0 Å². The highest BCUT2D eigenvalue weighted by atomic mass is 32.2. The molecule has 0 aromatic heterocycles. The lowest BCUT2D eigenvalue weighted by Gasteiger charge is -2.30. The summed E-state index contributed by atoms with van der Waals surface area (Å²) in [5.41, 5.74) is -1.24. The molecule has 2 aliphatic heterocycles. The first-order valence-electron chi connectivity index (χ1n) is 10.9. The predicted octanol–water partition coefficient (Wildman–Crippen LogP) is 4.81. The number of likely N-dealkylation sites (tertiary alicyclic amines) is 1. The fourth-order valence-corrected chi connectivity index (χ4v) is 4.92. The Morgan fingerprint density at radius 1 is 0.946 bits per heavy atom. The van der Waals surface area contributed by atoms with Crippen LogP contribution in [0.4, 0.5) is 32.4 Å². The number of alkyl halides is 3. The number of imide groups is 1. The second kappa shape index (κ2) is 10.3. The van der Waals surface area contributed by atoms with Crippen LogP contribution < -0.4 is 5.32 Å². The minimum atomic E-state index is -4.85. The van der Waals surface area contributed by atoms with Gasteiger partial charge in [-0.1, -0.05) is 0 Å². The number of piperidine rings is 1. The number of hydrogen-bond acceptors (Lipinski definition) is 5. The van der Waals surface area contributed by atoms with Gasteiger partial charge in [-0.3, -0.25) is 24.1 Å². The number of rotatable bonds is 4. The lowest BCUT2D eigenvalue weighted by atomic mass is 10.00. The predicted molar refractivity (Wildman–Crippen MR) is 123 cm³/mol. The molecule has 0 radical (unpaired) electrons. The van der Waals surface area contributed by atoms with Crippen molar-refractivity contribution >= 4 is 40.4 Å². The van der Waals surface area contributed by atoms with E-state index in [0.29, 0.717) is 35.5 Å². The van der Waals surface area contributed by atoms with E-state index in [1.165, 1.54) is 12.1 Å². The van der Waals surface area contributed by atoms with Crippen LogP contribution in [-0.2, 0) is 15.8 Å². The third-order valence-corrected chi connectivity index (χ3v) is 6.83. The molecule has 4 amide bonds. The van der Waals surface area contributed by atoms with Gasteiger partial charge in [0.25, 0.3) is 17.1 Å². The molecule has 13 heteroatoms. The fourth-order valence-electron chi connectivity index (χ4n) is 3.95. The van der Waals surface area contributed by atoms with Crippen molar-refractivity contribution in [3.63, 3.8) is 0 Å². The number of benzene rings is 2. The van der Waals surface area contributed by atoms with Crippen LogP contribution in [0.5, 0.6) is 0 Å². The minimum Gasteiger partial charge on any atom is -0.338 e. The van der Waals surface area contributed by atoms with Crippen molar-refractivity contribution in [3.8, 4) is 0 Å². The molecule has 0 unspecified atom stereocenters. The summed E-state index contributed by atoms with van der Waals surface area (Å²) in [6.45, 7) is -0.652. The van der Waals surface area contributed by atoms with E-state index in [0.717, 1.165) is 21.9 Å².